The molecule has 0 heterocycles. The van der Waals surface area contributed by atoms with Gasteiger partial charge in [0.2, 0.25) is 0 Å². The molecule has 0 bridgehead atoms. The largest absolute Gasteiger partial charge is 1.00 e. The summed E-state index contributed by atoms with van der Waals surface area (Å²) in [7, 11) is 0. The first-order valence-electron chi connectivity index (χ1n) is 4.36. The van der Waals surface area contributed by atoms with Gasteiger partial charge in [-0.1, -0.05) is 20.3 Å². The number of hydrogen-bond donors (Lipinski definition) is 0. The Labute approximate surface area is 89.2 Å². The van der Waals surface area contributed by atoms with Crippen LogP contribution in [0.1, 0.15) is 47.5 Å². The Morgan fingerprint density at radius 3 is 2.08 bits per heavy atom. The Morgan fingerprint density at radius 1 is 1.25 bits per heavy atom. The van der Waals surface area contributed by atoms with Crippen molar-refractivity contribution in [3.8, 4) is 0 Å². The van der Waals surface area contributed by atoms with Crippen LogP contribution in [0, 0.1) is 5.92 Å². The van der Waals surface area contributed by atoms with Gasteiger partial charge in [-0.25, -0.2) is 0 Å². The van der Waals surface area contributed by atoms with Crippen molar-refractivity contribution in [2.45, 2.75) is 53.0 Å². The van der Waals surface area contributed by atoms with Crippen molar-refractivity contribution in [3.63, 3.8) is 0 Å². The standard InChI is InChI=1S/C10H20N.Li/c1-9(2)7-6-8-11-10(3,4)5;/h9H,6-7H2,1-5H3;/q-1;+1. The van der Waals surface area contributed by atoms with Crippen LogP contribution in [0.15, 0.2) is 4.99 Å². The van der Waals surface area contributed by atoms with Gasteiger partial charge < -0.3 is 11.2 Å². The van der Waals surface area contributed by atoms with Gasteiger partial charge in [0.1, 0.15) is 0 Å². The summed E-state index contributed by atoms with van der Waals surface area (Å²) < 4.78 is 0. The molecule has 0 fully saturated rings. The molecule has 0 atom stereocenters. The predicted octanol–water partition coefficient (Wildman–Crippen LogP) is 0.173. The summed E-state index contributed by atoms with van der Waals surface area (Å²) >= 11 is 0. The minimum atomic E-state index is 0. The molecule has 0 aromatic carbocycles. The van der Waals surface area contributed by atoms with Gasteiger partial charge >= 0.3 is 18.9 Å². The van der Waals surface area contributed by atoms with E-state index in [-0.39, 0.29) is 24.4 Å². The molecule has 1 nitrogen and oxygen atoms in total. The van der Waals surface area contributed by atoms with Gasteiger partial charge in [-0.05, 0) is 26.7 Å². The second-order valence-electron chi connectivity index (χ2n) is 4.37. The van der Waals surface area contributed by atoms with E-state index in [0.29, 0.717) is 0 Å². The third-order valence-corrected chi connectivity index (χ3v) is 1.25. The van der Waals surface area contributed by atoms with Gasteiger partial charge in [-0.2, -0.15) is 6.42 Å². The maximum atomic E-state index is 4.28. The summed E-state index contributed by atoms with van der Waals surface area (Å²) in [6.07, 6.45) is 5.27. The normalized spacial score (nSPS) is 12.2. The minimum Gasteiger partial charge on any atom is -0.498 e. The molecule has 0 rings (SSSR count). The zero-order chi connectivity index (χ0) is 8.91. The molecule has 0 amide bonds. The monoisotopic (exact) mass is 161 g/mol. The fraction of sp³-hybridized carbons (Fsp3) is 0.900. The number of hydrogen-bond acceptors (Lipinski definition) is 1. The van der Waals surface area contributed by atoms with Crippen molar-refractivity contribution in [3.05, 3.63) is 0 Å². The van der Waals surface area contributed by atoms with Crippen molar-refractivity contribution in [2.24, 2.45) is 10.9 Å². The Hall–Kier alpha value is 0.267. The number of nitrogens with zero attached hydrogens (tertiary/aromatic N) is 1. The van der Waals surface area contributed by atoms with Crippen molar-refractivity contribution >= 4 is 6.21 Å². The molecule has 0 spiro atoms. The van der Waals surface area contributed by atoms with Crippen LogP contribution in [0.2, 0.25) is 0 Å². The van der Waals surface area contributed by atoms with E-state index < -0.39 is 0 Å². The summed E-state index contributed by atoms with van der Waals surface area (Å²) in [5, 5.41) is 0. The van der Waals surface area contributed by atoms with Crippen molar-refractivity contribution in [1.82, 2.24) is 0 Å². The van der Waals surface area contributed by atoms with Gasteiger partial charge in [-0.3, -0.25) is 0 Å². The molecular formula is C10H20LiN. The van der Waals surface area contributed by atoms with Crippen LogP contribution in [-0.4, -0.2) is 11.8 Å². The average molecular weight is 161 g/mol. The molecule has 0 N–H and O–H groups in total. The summed E-state index contributed by atoms with van der Waals surface area (Å²) in [6.45, 7) is 10.7. The van der Waals surface area contributed by atoms with E-state index in [9.17, 15) is 0 Å². The van der Waals surface area contributed by atoms with E-state index in [1.165, 1.54) is 6.42 Å². The molecule has 0 saturated carbocycles. The maximum absolute atomic E-state index is 4.28. The molecule has 66 valence electrons. The molecule has 0 aliphatic carbocycles. The Kier molecular flexibility index (Phi) is 8.31. The molecule has 0 aromatic heterocycles. The Morgan fingerprint density at radius 2 is 1.75 bits per heavy atom. The topological polar surface area (TPSA) is 12.4 Å². The van der Waals surface area contributed by atoms with Gasteiger partial charge in [0.25, 0.3) is 0 Å². The van der Waals surface area contributed by atoms with E-state index >= 15 is 0 Å². The predicted molar refractivity (Wildman–Crippen MR) is 51.3 cm³/mol. The number of aliphatic imine (C=N–C) groups is 1. The average Bonchev–Trinajstić information content (AvgIpc) is 1.78. The maximum Gasteiger partial charge on any atom is 1.00 e. The Bertz CT molecular complexity index is 122. The fourth-order valence-corrected chi connectivity index (χ4v) is 0.646. The van der Waals surface area contributed by atoms with E-state index in [4.69, 9.17) is 0 Å². The van der Waals surface area contributed by atoms with Crippen LogP contribution >= 0.6 is 0 Å². The molecule has 2 heteroatoms. The van der Waals surface area contributed by atoms with Gasteiger partial charge in [0, 0.05) is 5.54 Å². The molecule has 0 saturated heterocycles. The van der Waals surface area contributed by atoms with Crippen molar-refractivity contribution in [1.29, 1.82) is 0 Å². The van der Waals surface area contributed by atoms with Crippen LogP contribution in [-0.2, 0) is 0 Å². The first kappa shape index (κ1) is 14.8. The van der Waals surface area contributed by atoms with E-state index in [1.807, 2.05) is 0 Å². The van der Waals surface area contributed by atoms with Gasteiger partial charge in [0.05, 0.1) is 0 Å². The molecule has 0 aliphatic rings. The SMILES string of the molecule is CC(C)CC[C-]=NC(C)(C)C.[Li+]. The molecular weight excluding hydrogens is 141 g/mol. The summed E-state index contributed by atoms with van der Waals surface area (Å²) in [5.74, 6) is 0.762. The fourth-order valence-electron chi connectivity index (χ4n) is 0.646. The number of rotatable bonds is 3. The first-order chi connectivity index (χ1) is 4.92. The van der Waals surface area contributed by atoms with Crippen LogP contribution < -0.4 is 18.9 Å². The molecule has 0 aliphatic heterocycles. The first-order valence-corrected chi connectivity index (χ1v) is 4.36. The van der Waals surface area contributed by atoms with Crippen molar-refractivity contribution in [2.75, 3.05) is 0 Å². The van der Waals surface area contributed by atoms with Crippen LogP contribution in [0.4, 0.5) is 0 Å². The van der Waals surface area contributed by atoms with Crippen LogP contribution in [0.25, 0.3) is 0 Å². The minimum absolute atomic E-state index is 0. The zero-order valence-electron chi connectivity index (χ0n) is 9.44. The quantitative estimate of drug-likeness (QED) is 0.318. The van der Waals surface area contributed by atoms with E-state index in [1.54, 1.807) is 0 Å². The summed E-state index contributed by atoms with van der Waals surface area (Å²) in [5.41, 5.74) is 0.0526. The summed E-state index contributed by atoms with van der Waals surface area (Å²) in [6, 6.07) is 0. The third-order valence-electron chi connectivity index (χ3n) is 1.25. The van der Waals surface area contributed by atoms with E-state index in [0.717, 1.165) is 12.3 Å². The zero-order valence-corrected chi connectivity index (χ0v) is 9.44. The molecule has 0 unspecified atom stereocenters. The third kappa shape index (κ3) is 12.9. The van der Waals surface area contributed by atoms with Gasteiger partial charge in [0.15, 0.2) is 0 Å². The summed E-state index contributed by atoms with van der Waals surface area (Å²) in [4.78, 5) is 4.28. The van der Waals surface area contributed by atoms with Gasteiger partial charge in [-0.15, -0.1) is 0 Å². The van der Waals surface area contributed by atoms with Crippen molar-refractivity contribution < 1.29 is 18.9 Å². The molecule has 12 heavy (non-hydrogen) atoms. The second kappa shape index (κ2) is 6.75. The molecule has 0 aromatic rings. The molecule has 0 radical (unpaired) electrons. The second-order valence-corrected chi connectivity index (χ2v) is 4.37. The van der Waals surface area contributed by atoms with E-state index in [2.05, 4.69) is 45.8 Å². The Balaban J connectivity index is 0. The van der Waals surface area contributed by atoms with Crippen LogP contribution in [0.5, 0.6) is 0 Å². The van der Waals surface area contributed by atoms with Crippen LogP contribution in [0.3, 0.4) is 0 Å². The smallest absolute Gasteiger partial charge is 0.498 e.